The summed E-state index contributed by atoms with van der Waals surface area (Å²) in [4.78, 5) is 8.04. The summed E-state index contributed by atoms with van der Waals surface area (Å²) in [6, 6.07) is 7.08. The fourth-order valence-electron chi connectivity index (χ4n) is 1.49. The van der Waals surface area contributed by atoms with E-state index >= 15 is 0 Å². The molecule has 0 aliphatic carbocycles. The molecule has 0 radical (unpaired) electrons. The highest BCUT2D eigenvalue weighted by Gasteiger charge is 2.27. The summed E-state index contributed by atoms with van der Waals surface area (Å²) in [7, 11) is 0. The average Bonchev–Trinajstić information content (AvgIpc) is 2.30. The highest BCUT2D eigenvalue weighted by atomic mass is 35.5. The molecule has 1 atom stereocenters. The number of aromatic nitrogens is 2. The van der Waals surface area contributed by atoms with Gasteiger partial charge < -0.3 is 5.11 Å². The van der Waals surface area contributed by atoms with Crippen molar-refractivity contribution < 1.29 is 5.11 Å². The molecular weight excluding hydrogens is 224 g/mol. The van der Waals surface area contributed by atoms with Crippen molar-refractivity contribution >= 4 is 11.6 Å². The fourth-order valence-corrected chi connectivity index (χ4v) is 1.68. The molecule has 0 bridgehead atoms. The smallest absolute Gasteiger partial charge is 0.130 e. The Morgan fingerprint density at radius 2 is 2.12 bits per heavy atom. The molecule has 0 spiro atoms. The third-order valence-corrected chi connectivity index (χ3v) is 2.68. The van der Waals surface area contributed by atoms with Crippen LogP contribution in [0.3, 0.4) is 0 Å². The molecule has 16 heavy (non-hydrogen) atoms. The molecule has 0 aliphatic heterocycles. The lowest BCUT2D eigenvalue weighted by Gasteiger charge is -2.22. The van der Waals surface area contributed by atoms with Crippen LogP contribution in [0.25, 0.3) is 0 Å². The molecule has 1 heterocycles. The van der Waals surface area contributed by atoms with E-state index in [1.54, 1.807) is 49.8 Å². The predicted molar refractivity (Wildman–Crippen MR) is 62.2 cm³/mol. The number of benzene rings is 1. The summed E-state index contributed by atoms with van der Waals surface area (Å²) >= 11 is 5.89. The van der Waals surface area contributed by atoms with Crippen molar-refractivity contribution in [3.05, 3.63) is 59.1 Å². The van der Waals surface area contributed by atoms with Gasteiger partial charge >= 0.3 is 0 Å². The van der Waals surface area contributed by atoms with Gasteiger partial charge in [0.1, 0.15) is 5.60 Å². The maximum atomic E-state index is 10.4. The molecule has 0 aliphatic rings. The van der Waals surface area contributed by atoms with Crippen molar-refractivity contribution in [3.8, 4) is 0 Å². The van der Waals surface area contributed by atoms with Gasteiger partial charge in [0.05, 0.1) is 11.9 Å². The summed E-state index contributed by atoms with van der Waals surface area (Å²) in [5.41, 5.74) is 0.0110. The lowest BCUT2D eigenvalue weighted by molar-refractivity contribution is 0.0969. The summed E-state index contributed by atoms with van der Waals surface area (Å²) in [6.07, 6.45) is 4.66. The van der Waals surface area contributed by atoms with E-state index in [0.717, 1.165) is 0 Å². The van der Waals surface area contributed by atoms with E-state index in [0.29, 0.717) is 16.3 Å². The van der Waals surface area contributed by atoms with Gasteiger partial charge in [0, 0.05) is 17.4 Å². The Kier molecular flexibility index (Phi) is 2.90. The van der Waals surface area contributed by atoms with Crippen LogP contribution in [0.4, 0.5) is 0 Å². The first-order chi connectivity index (χ1) is 7.60. The summed E-state index contributed by atoms with van der Waals surface area (Å²) in [6.45, 7) is 1.67. The minimum absolute atomic E-state index is 0.497. The number of hydrogen-bond acceptors (Lipinski definition) is 3. The molecule has 82 valence electrons. The van der Waals surface area contributed by atoms with Gasteiger partial charge in [-0.3, -0.25) is 9.97 Å². The van der Waals surface area contributed by atoms with Crippen molar-refractivity contribution in [2.45, 2.75) is 12.5 Å². The fraction of sp³-hybridized carbons (Fsp3) is 0.167. The van der Waals surface area contributed by atoms with Crippen LogP contribution in [-0.4, -0.2) is 15.1 Å². The van der Waals surface area contributed by atoms with Gasteiger partial charge in [0.2, 0.25) is 0 Å². The Labute approximate surface area is 98.8 Å². The first-order valence-electron chi connectivity index (χ1n) is 4.85. The van der Waals surface area contributed by atoms with E-state index in [-0.39, 0.29) is 0 Å². The first-order valence-corrected chi connectivity index (χ1v) is 5.23. The number of nitrogens with zero attached hydrogens (tertiary/aromatic N) is 2. The molecule has 1 aromatic heterocycles. The normalized spacial score (nSPS) is 14.4. The van der Waals surface area contributed by atoms with Crippen LogP contribution in [0.2, 0.25) is 5.02 Å². The largest absolute Gasteiger partial charge is 0.379 e. The molecule has 0 fully saturated rings. The zero-order valence-corrected chi connectivity index (χ0v) is 9.52. The topological polar surface area (TPSA) is 46.0 Å². The third-order valence-electron chi connectivity index (χ3n) is 2.45. The molecule has 4 heteroatoms. The molecule has 1 unspecified atom stereocenters. The van der Waals surface area contributed by atoms with Crippen molar-refractivity contribution in [2.24, 2.45) is 0 Å². The van der Waals surface area contributed by atoms with Gasteiger partial charge in [0.25, 0.3) is 0 Å². The molecule has 2 aromatic rings. The minimum atomic E-state index is -1.18. The number of hydrogen-bond donors (Lipinski definition) is 1. The summed E-state index contributed by atoms with van der Waals surface area (Å²) in [5, 5.41) is 11.0. The van der Waals surface area contributed by atoms with Gasteiger partial charge in [-0.25, -0.2) is 0 Å². The SMILES string of the molecule is CC(O)(c1cccc(Cl)c1)c1cnccn1. The van der Waals surface area contributed by atoms with Crippen LogP contribution in [-0.2, 0) is 5.60 Å². The number of halogens is 1. The lowest BCUT2D eigenvalue weighted by Crippen LogP contribution is -2.24. The Bertz CT molecular complexity index is 485. The van der Waals surface area contributed by atoms with Crippen molar-refractivity contribution in [1.82, 2.24) is 9.97 Å². The van der Waals surface area contributed by atoms with E-state index in [2.05, 4.69) is 9.97 Å². The minimum Gasteiger partial charge on any atom is -0.379 e. The zero-order valence-electron chi connectivity index (χ0n) is 8.76. The number of aliphatic hydroxyl groups is 1. The van der Waals surface area contributed by atoms with Gasteiger partial charge in [-0.2, -0.15) is 0 Å². The van der Waals surface area contributed by atoms with Gasteiger partial charge in [-0.05, 0) is 24.6 Å². The quantitative estimate of drug-likeness (QED) is 0.868. The van der Waals surface area contributed by atoms with E-state index in [1.807, 2.05) is 0 Å². The van der Waals surface area contributed by atoms with Gasteiger partial charge in [0.15, 0.2) is 0 Å². The second kappa shape index (κ2) is 4.20. The highest BCUT2D eigenvalue weighted by molar-refractivity contribution is 6.30. The molecule has 0 saturated heterocycles. The van der Waals surface area contributed by atoms with Gasteiger partial charge in [-0.1, -0.05) is 23.7 Å². The maximum Gasteiger partial charge on any atom is 0.130 e. The first kappa shape index (κ1) is 11.0. The van der Waals surface area contributed by atoms with Crippen LogP contribution >= 0.6 is 11.6 Å². The molecule has 3 nitrogen and oxygen atoms in total. The summed E-state index contributed by atoms with van der Waals surface area (Å²) in [5.74, 6) is 0. The van der Waals surface area contributed by atoms with Crippen LogP contribution < -0.4 is 0 Å². The molecule has 0 amide bonds. The summed E-state index contributed by atoms with van der Waals surface area (Å²) < 4.78 is 0. The Hall–Kier alpha value is -1.45. The maximum absolute atomic E-state index is 10.4. The van der Waals surface area contributed by atoms with Crippen molar-refractivity contribution in [2.75, 3.05) is 0 Å². The van der Waals surface area contributed by atoms with Crippen molar-refractivity contribution in [1.29, 1.82) is 0 Å². The van der Waals surface area contributed by atoms with Crippen LogP contribution in [0.1, 0.15) is 18.2 Å². The Balaban J connectivity index is 2.47. The Morgan fingerprint density at radius 1 is 1.31 bits per heavy atom. The molecule has 0 saturated carbocycles. The van der Waals surface area contributed by atoms with Crippen LogP contribution in [0, 0.1) is 0 Å². The average molecular weight is 235 g/mol. The van der Waals surface area contributed by atoms with Gasteiger partial charge in [-0.15, -0.1) is 0 Å². The van der Waals surface area contributed by atoms with Crippen LogP contribution in [0.5, 0.6) is 0 Å². The van der Waals surface area contributed by atoms with Crippen LogP contribution in [0.15, 0.2) is 42.9 Å². The highest BCUT2D eigenvalue weighted by Crippen LogP contribution is 2.28. The number of rotatable bonds is 2. The van der Waals surface area contributed by atoms with E-state index in [9.17, 15) is 5.11 Å². The van der Waals surface area contributed by atoms with E-state index in [1.165, 1.54) is 0 Å². The predicted octanol–water partition coefficient (Wildman–Crippen LogP) is 2.39. The van der Waals surface area contributed by atoms with E-state index < -0.39 is 5.60 Å². The standard InChI is InChI=1S/C12H11ClN2O/c1-12(16,11-8-14-5-6-15-11)9-3-2-4-10(13)7-9/h2-8,16H,1H3. The molecule has 2 rings (SSSR count). The lowest BCUT2D eigenvalue weighted by atomic mass is 9.93. The third kappa shape index (κ3) is 2.05. The van der Waals surface area contributed by atoms with E-state index in [4.69, 9.17) is 11.6 Å². The zero-order chi connectivity index (χ0) is 11.6. The second-order valence-corrected chi connectivity index (χ2v) is 4.11. The Morgan fingerprint density at radius 3 is 2.75 bits per heavy atom. The monoisotopic (exact) mass is 234 g/mol. The molecule has 1 aromatic carbocycles. The molecular formula is C12H11ClN2O. The molecule has 1 N–H and O–H groups in total. The second-order valence-electron chi connectivity index (χ2n) is 3.67. The van der Waals surface area contributed by atoms with Crippen molar-refractivity contribution in [3.63, 3.8) is 0 Å².